The summed E-state index contributed by atoms with van der Waals surface area (Å²) in [5, 5.41) is 8.02. The van der Waals surface area contributed by atoms with Gasteiger partial charge in [-0.1, -0.05) is 30.2 Å². The number of carbonyl (C=O) groups excluding carboxylic acids is 3. The maximum Gasteiger partial charge on any atom is 0.412 e. The zero-order valence-electron chi connectivity index (χ0n) is 18.9. The van der Waals surface area contributed by atoms with E-state index < -0.39 is 17.9 Å². The van der Waals surface area contributed by atoms with Crippen molar-refractivity contribution in [3.05, 3.63) is 83.4 Å². The van der Waals surface area contributed by atoms with E-state index in [1.165, 1.54) is 6.07 Å². The Morgan fingerprint density at radius 2 is 1.54 bits per heavy atom. The van der Waals surface area contributed by atoms with Gasteiger partial charge in [0.2, 0.25) is 0 Å². The highest BCUT2D eigenvalue weighted by Crippen LogP contribution is 2.13. The second-order valence-electron chi connectivity index (χ2n) is 7.11. The number of anilines is 1. The fourth-order valence-electron chi connectivity index (χ4n) is 2.95. The number of benzene rings is 2. The minimum atomic E-state index is -0.678. The lowest BCUT2D eigenvalue weighted by atomic mass is 10.2. The summed E-state index contributed by atoms with van der Waals surface area (Å²) < 4.78 is 9.94. The first-order chi connectivity index (χ1) is 17.0. The Kier molecular flexibility index (Phi) is 8.73. The molecular weight excluding hydrogens is 450 g/mol. The first kappa shape index (κ1) is 24.7. The smallest absolute Gasteiger partial charge is 0.412 e. The minimum Gasteiger partial charge on any atom is -0.497 e. The Morgan fingerprint density at radius 3 is 2.17 bits per heavy atom. The third-order valence-electron chi connectivity index (χ3n) is 4.63. The van der Waals surface area contributed by atoms with Gasteiger partial charge in [-0.3, -0.25) is 14.9 Å². The van der Waals surface area contributed by atoms with Crippen LogP contribution in [0.4, 0.5) is 10.5 Å². The van der Waals surface area contributed by atoms with Gasteiger partial charge in [-0.05, 0) is 35.4 Å². The Balaban J connectivity index is 1.56. The molecule has 0 saturated heterocycles. The number of hydrogen-bond donors (Lipinski definition) is 3. The molecule has 0 radical (unpaired) electrons. The van der Waals surface area contributed by atoms with Crippen molar-refractivity contribution in [2.24, 2.45) is 0 Å². The number of terminal acetylenes is 1. The summed E-state index contributed by atoms with van der Waals surface area (Å²) in [5.41, 5.74) is 2.16. The van der Waals surface area contributed by atoms with Crippen molar-refractivity contribution < 1.29 is 23.9 Å². The maximum atomic E-state index is 12.6. The Bertz CT molecular complexity index is 1250. The van der Waals surface area contributed by atoms with Gasteiger partial charge in [0, 0.05) is 24.8 Å². The van der Waals surface area contributed by atoms with Crippen LogP contribution in [0.25, 0.3) is 0 Å². The summed E-state index contributed by atoms with van der Waals surface area (Å²) in [6.07, 6.45) is 5.53. The largest absolute Gasteiger partial charge is 0.497 e. The van der Waals surface area contributed by atoms with E-state index in [0.717, 1.165) is 17.5 Å². The van der Waals surface area contributed by atoms with Gasteiger partial charge < -0.3 is 20.1 Å². The number of hydrogen-bond acceptors (Lipinski definition) is 7. The zero-order valence-corrected chi connectivity index (χ0v) is 18.9. The van der Waals surface area contributed by atoms with E-state index in [0.29, 0.717) is 11.4 Å². The van der Waals surface area contributed by atoms with Gasteiger partial charge in [0.15, 0.2) is 6.61 Å². The monoisotopic (exact) mass is 473 g/mol. The average molecular weight is 473 g/mol. The maximum absolute atomic E-state index is 12.6. The van der Waals surface area contributed by atoms with E-state index in [4.69, 9.17) is 15.9 Å². The van der Waals surface area contributed by atoms with Gasteiger partial charge >= 0.3 is 6.09 Å². The molecule has 1 aromatic heterocycles. The molecule has 0 spiro atoms. The summed E-state index contributed by atoms with van der Waals surface area (Å²) in [5.74, 6) is 1.96. The van der Waals surface area contributed by atoms with Gasteiger partial charge in [-0.25, -0.2) is 14.8 Å². The second-order valence-corrected chi connectivity index (χ2v) is 7.11. The highest BCUT2D eigenvalue weighted by Gasteiger charge is 2.13. The summed E-state index contributed by atoms with van der Waals surface area (Å²) in [6.45, 7) is 0.291. The number of nitrogens with one attached hydrogen (secondary N) is 3. The molecule has 0 unspecified atom stereocenters. The van der Waals surface area contributed by atoms with E-state index in [2.05, 4.69) is 31.8 Å². The highest BCUT2D eigenvalue weighted by atomic mass is 16.5. The lowest BCUT2D eigenvalue weighted by Crippen LogP contribution is -2.27. The van der Waals surface area contributed by atoms with E-state index >= 15 is 0 Å². The molecule has 0 saturated carbocycles. The number of carbonyl (C=O) groups is 3. The molecule has 1 heterocycles. The first-order valence-electron chi connectivity index (χ1n) is 10.5. The molecule has 0 fully saturated rings. The van der Waals surface area contributed by atoms with E-state index in [9.17, 15) is 14.4 Å². The van der Waals surface area contributed by atoms with Crippen LogP contribution in [-0.4, -0.2) is 41.6 Å². The van der Waals surface area contributed by atoms with Crippen LogP contribution in [0, 0.1) is 12.3 Å². The minimum absolute atomic E-state index is 0.0404. The van der Waals surface area contributed by atoms with Gasteiger partial charge in [-0.2, -0.15) is 0 Å². The molecule has 0 aliphatic carbocycles. The lowest BCUT2D eigenvalue weighted by molar-refractivity contribution is 0.0944. The molecule has 3 aromatic rings. The zero-order chi connectivity index (χ0) is 25.0. The molecule has 3 amide bonds. The summed E-state index contributed by atoms with van der Waals surface area (Å²) in [6, 6.07) is 15.4. The molecule has 10 nitrogen and oxygen atoms in total. The van der Waals surface area contributed by atoms with Crippen molar-refractivity contribution in [3.63, 3.8) is 0 Å². The standard InChI is InChI=1S/C25H23N5O5/c1-3-10-35-25(33)30-19-8-4-6-17(11-19)14-26-23(31)21-13-22(29-16-28-21)24(32)27-15-18-7-5-9-20(12-18)34-2/h1,4-9,11-13,16H,10,14-15H2,2H3,(H,26,31)(H,27,32)(H,30,33). The molecule has 10 heteroatoms. The van der Waals surface area contributed by atoms with Crippen molar-refractivity contribution in [3.8, 4) is 18.1 Å². The van der Waals surface area contributed by atoms with Crippen molar-refractivity contribution in [1.29, 1.82) is 0 Å². The lowest BCUT2D eigenvalue weighted by Gasteiger charge is -2.09. The molecular formula is C25H23N5O5. The Labute approximate surface area is 202 Å². The molecule has 0 bridgehead atoms. The fraction of sp³-hybridized carbons (Fsp3) is 0.160. The van der Waals surface area contributed by atoms with Gasteiger partial charge in [0.1, 0.15) is 23.5 Å². The normalized spacial score (nSPS) is 9.94. The molecule has 0 atom stereocenters. The molecule has 2 aromatic carbocycles. The summed E-state index contributed by atoms with van der Waals surface area (Å²) >= 11 is 0. The van der Waals surface area contributed by atoms with Crippen LogP contribution < -0.4 is 20.7 Å². The third-order valence-corrected chi connectivity index (χ3v) is 4.63. The van der Waals surface area contributed by atoms with Crippen molar-refractivity contribution in [1.82, 2.24) is 20.6 Å². The van der Waals surface area contributed by atoms with Crippen molar-refractivity contribution in [2.75, 3.05) is 19.0 Å². The van der Waals surface area contributed by atoms with Gasteiger partial charge in [0.05, 0.1) is 7.11 Å². The summed E-state index contributed by atoms with van der Waals surface area (Å²) in [4.78, 5) is 44.6. The van der Waals surface area contributed by atoms with Crippen LogP contribution in [0.1, 0.15) is 32.1 Å². The number of methoxy groups -OCH3 is 1. The van der Waals surface area contributed by atoms with Gasteiger partial charge in [0.25, 0.3) is 11.8 Å². The van der Waals surface area contributed by atoms with Crippen molar-refractivity contribution >= 4 is 23.6 Å². The van der Waals surface area contributed by atoms with Gasteiger partial charge in [-0.15, -0.1) is 6.42 Å². The van der Waals surface area contributed by atoms with E-state index in [-0.39, 0.29) is 31.1 Å². The molecule has 35 heavy (non-hydrogen) atoms. The van der Waals surface area contributed by atoms with Crippen LogP contribution >= 0.6 is 0 Å². The van der Waals surface area contributed by atoms with Crippen LogP contribution in [-0.2, 0) is 17.8 Å². The molecule has 178 valence electrons. The number of amides is 3. The van der Waals surface area contributed by atoms with Crippen LogP contribution in [0.2, 0.25) is 0 Å². The van der Waals surface area contributed by atoms with Crippen molar-refractivity contribution in [2.45, 2.75) is 13.1 Å². The number of aromatic nitrogens is 2. The topological polar surface area (TPSA) is 132 Å². The Hall–Kier alpha value is -4.91. The molecule has 3 N–H and O–H groups in total. The quantitative estimate of drug-likeness (QED) is 0.407. The van der Waals surface area contributed by atoms with E-state index in [1.54, 1.807) is 31.4 Å². The number of rotatable bonds is 9. The van der Waals surface area contributed by atoms with Crippen LogP contribution in [0.15, 0.2) is 60.9 Å². The van der Waals surface area contributed by atoms with E-state index in [1.807, 2.05) is 24.3 Å². The Morgan fingerprint density at radius 1 is 0.914 bits per heavy atom. The fourth-order valence-corrected chi connectivity index (χ4v) is 2.95. The predicted molar refractivity (Wildman–Crippen MR) is 128 cm³/mol. The number of ether oxygens (including phenoxy) is 2. The average Bonchev–Trinajstić information content (AvgIpc) is 2.89. The molecule has 0 aliphatic heterocycles. The number of nitrogens with zero attached hydrogens (tertiary/aromatic N) is 2. The summed E-state index contributed by atoms with van der Waals surface area (Å²) in [7, 11) is 1.57. The first-order valence-corrected chi connectivity index (χ1v) is 10.5. The molecule has 3 rings (SSSR count). The second kappa shape index (κ2) is 12.4. The third kappa shape index (κ3) is 7.57. The predicted octanol–water partition coefficient (Wildman–Crippen LogP) is 2.53. The highest BCUT2D eigenvalue weighted by molar-refractivity contribution is 5.97. The SMILES string of the molecule is C#CCOC(=O)Nc1cccc(CNC(=O)c2cc(C(=O)NCc3cccc(OC)c3)ncn2)c1. The molecule has 0 aliphatic rings. The van der Waals surface area contributed by atoms with Crippen LogP contribution in [0.3, 0.4) is 0 Å². The van der Waals surface area contributed by atoms with Crippen LogP contribution in [0.5, 0.6) is 5.75 Å².